The lowest BCUT2D eigenvalue weighted by atomic mass is 10.2. The van der Waals surface area contributed by atoms with Gasteiger partial charge >= 0.3 is 5.69 Å². The summed E-state index contributed by atoms with van der Waals surface area (Å²) >= 11 is 1.29. The predicted molar refractivity (Wildman–Crippen MR) is 135 cm³/mol. The number of anilines is 1. The van der Waals surface area contributed by atoms with Crippen LogP contribution in [0, 0.1) is 6.92 Å². The van der Waals surface area contributed by atoms with Crippen molar-refractivity contribution < 1.29 is 0 Å². The van der Waals surface area contributed by atoms with Gasteiger partial charge in [0.1, 0.15) is 0 Å². The lowest BCUT2D eigenvalue weighted by Crippen LogP contribution is -2.37. The number of nitrogens with zero attached hydrogens (tertiary/aromatic N) is 7. The molecule has 0 aliphatic carbocycles. The van der Waals surface area contributed by atoms with Gasteiger partial charge in [-0.1, -0.05) is 36.4 Å². The van der Waals surface area contributed by atoms with Crippen molar-refractivity contribution in [3.8, 4) is 5.69 Å². The second kappa shape index (κ2) is 8.91. The normalized spacial score (nSPS) is 11.3. The predicted octanol–water partition coefficient (Wildman–Crippen LogP) is 2.62. The molecule has 0 aliphatic heterocycles. The number of hydrogen-bond donors (Lipinski definition) is 1. The first-order valence-electron chi connectivity index (χ1n) is 11.0. The molecule has 10 nitrogen and oxygen atoms in total. The Morgan fingerprint density at radius 2 is 1.57 bits per heavy atom. The van der Waals surface area contributed by atoms with Gasteiger partial charge in [-0.15, -0.1) is 10.2 Å². The summed E-state index contributed by atoms with van der Waals surface area (Å²) in [7, 11) is 4.82. The Morgan fingerprint density at radius 1 is 0.857 bits per heavy atom. The van der Waals surface area contributed by atoms with Gasteiger partial charge in [0, 0.05) is 32.5 Å². The first-order chi connectivity index (χ1) is 16.9. The molecule has 5 aromatic rings. The van der Waals surface area contributed by atoms with Gasteiger partial charge < -0.3 is 9.88 Å². The molecule has 0 atom stereocenters. The van der Waals surface area contributed by atoms with Crippen molar-refractivity contribution in [3.63, 3.8) is 0 Å². The molecule has 178 valence electrons. The molecule has 3 heterocycles. The number of para-hydroxylation sites is 2. The number of aromatic nitrogens is 7. The Hall–Kier alpha value is -4.12. The largest absolute Gasteiger partial charge is 0.378 e. The van der Waals surface area contributed by atoms with Gasteiger partial charge in [0.15, 0.2) is 22.1 Å². The summed E-state index contributed by atoms with van der Waals surface area (Å²) in [6, 6.07) is 17.9. The van der Waals surface area contributed by atoms with Crippen molar-refractivity contribution in [1.29, 1.82) is 0 Å². The van der Waals surface area contributed by atoms with Gasteiger partial charge in [0.2, 0.25) is 5.16 Å². The van der Waals surface area contributed by atoms with Crippen LogP contribution in [0.1, 0.15) is 11.4 Å². The second-order valence-corrected chi connectivity index (χ2v) is 9.11. The van der Waals surface area contributed by atoms with E-state index in [9.17, 15) is 9.59 Å². The lowest BCUT2D eigenvalue weighted by Gasteiger charge is -2.12. The highest BCUT2D eigenvalue weighted by molar-refractivity contribution is 7.99. The maximum absolute atomic E-state index is 12.8. The number of rotatable bonds is 6. The Bertz CT molecular complexity index is 1660. The molecule has 11 heteroatoms. The average Bonchev–Trinajstić information content (AvgIpc) is 3.42. The van der Waals surface area contributed by atoms with Crippen LogP contribution in [0.25, 0.3) is 16.9 Å². The monoisotopic (exact) mass is 488 g/mol. The average molecular weight is 489 g/mol. The number of aryl methyl sites for hydroxylation is 3. The fourth-order valence-corrected chi connectivity index (χ4v) is 4.84. The minimum absolute atomic E-state index is 0.329. The number of fused-ring (bicyclic) bond motifs is 1. The van der Waals surface area contributed by atoms with Gasteiger partial charge in [-0.3, -0.25) is 18.5 Å². The topological polar surface area (TPSA) is 105 Å². The van der Waals surface area contributed by atoms with E-state index in [1.54, 1.807) is 18.7 Å². The number of benzene rings is 2. The van der Waals surface area contributed by atoms with E-state index in [1.165, 1.54) is 23.4 Å². The molecular weight excluding hydrogens is 464 g/mol. The van der Waals surface area contributed by atoms with Crippen LogP contribution in [-0.4, -0.2) is 33.4 Å². The molecule has 2 aromatic carbocycles. The van der Waals surface area contributed by atoms with Crippen LogP contribution in [0.4, 0.5) is 5.69 Å². The molecule has 0 fully saturated rings. The van der Waals surface area contributed by atoms with E-state index < -0.39 is 11.2 Å². The van der Waals surface area contributed by atoms with Gasteiger partial charge in [-0.05, 0) is 42.4 Å². The van der Waals surface area contributed by atoms with Gasteiger partial charge in [-0.25, -0.2) is 9.78 Å². The fourth-order valence-electron chi connectivity index (χ4n) is 3.93. The van der Waals surface area contributed by atoms with Crippen molar-refractivity contribution in [2.75, 3.05) is 5.32 Å². The summed E-state index contributed by atoms with van der Waals surface area (Å²) in [6.07, 6.45) is 0. The van der Waals surface area contributed by atoms with E-state index in [1.807, 2.05) is 53.1 Å². The molecule has 35 heavy (non-hydrogen) atoms. The van der Waals surface area contributed by atoms with Crippen molar-refractivity contribution >= 4 is 28.6 Å². The van der Waals surface area contributed by atoms with Gasteiger partial charge in [-0.2, -0.15) is 0 Å². The molecular formula is C24H24N8O2S. The van der Waals surface area contributed by atoms with Crippen molar-refractivity contribution in [3.05, 3.63) is 86.8 Å². The van der Waals surface area contributed by atoms with Gasteiger partial charge in [0.25, 0.3) is 5.56 Å². The van der Waals surface area contributed by atoms with E-state index in [0.717, 1.165) is 27.3 Å². The zero-order valence-electron chi connectivity index (χ0n) is 19.8. The maximum atomic E-state index is 12.8. The van der Waals surface area contributed by atoms with E-state index >= 15 is 0 Å². The Kier molecular flexibility index (Phi) is 5.77. The quantitative estimate of drug-likeness (QED) is 0.392. The van der Waals surface area contributed by atoms with Crippen LogP contribution in [0.2, 0.25) is 0 Å². The minimum atomic E-state index is -0.422. The first-order valence-corrected chi connectivity index (χ1v) is 11.8. The summed E-state index contributed by atoms with van der Waals surface area (Å²) in [6.45, 7) is 2.51. The summed E-state index contributed by atoms with van der Waals surface area (Å²) in [4.78, 5) is 29.7. The highest BCUT2D eigenvalue weighted by Gasteiger charge is 2.21. The molecule has 0 spiro atoms. The summed E-state index contributed by atoms with van der Waals surface area (Å²) in [5.74, 6) is 0.726. The molecule has 0 radical (unpaired) electrons. The van der Waals surface area contributed by atoms with Crippen LogP contribution in [0.5, 0.6) is 0 Å². The van der Waals surface area contributed by atoms with Crippen molar-refractivity contribution in [2.24, 2.45) is 21.1 Å². The Balaban J connectivity index is 1.57. The van der Waals surface area contributed by atoms with Crippen LogP contribution in [-0.2, 0) is 27.7 Å². The standard InChI is InChI=1S/C24H24N8O2S/c1-15-10-8-9-13-17(15)25-14-18-27-28-23(32(18)16-11-6-5-7-12-16)35-22-26-20-19(29(22)2)21(33)31(4)24(34)30(20)3/h5-13,25H,14H2,1-4H3. The van der Waals surface area contributed by atoms with Gasteiger partial charge in [0.05, 0.1) is 6.54 Å². The molecule has 5 rings (SSSR count). The minimum Gasteiger partial charge on any atom is -0.378 e. The van der Waals surface area contributed by atoms with E-state index in [0.29, 0.717) is 28.0 Å². The smallest absolute Gasteiger partial charge is 0.332 e. The molecule has 0 saturated carbocycles. The van der Waals surface area contributed by atoms with Crippen molar-refractivity contribution in [2.45, 2.75) is 23.8 Å². The zero-order valence-corrected chi connectivity index (χ0v) is 20.6. The Morgan fingerprint density at radius 3 is 2.31 bits per heavy atom. The summed E-state index contributed by atoms with van der Waals surface area (Å²) < 4.78 is 6.12. The first kappa shape index (κ1) is 22.7. The molecule has 1 N–H and O–H groups in total. The zero-order chi connectivity index (χ0) is 24.7. The molecule has 0 unspecified atom stereocenters. The highest BCUT2D eigenvalue weighted by atomic mass is 32.2. The summed E-state index contributed by atoms with van der Waals surface area (Å²) in [5, 5.41) is 13.5. The SMILES string of the molecule is Cc1ccccc1NCc1nnc(Sc2nc3c(c(=O)n(C)c(=O)n3C)n2C)n1-c1ccccc1. The van der Waals surface area contributed by atoms with Crippen LogP contribution < -0.4 is 16.6 Å². The van der Waals surface area contributed by atoms with Crippen LogP contribution in [0.3, 0.4) is 0 Å². The molecule has 3 aromatic heterocycles. The molecule has 0 aliphatic rings. The third-order valence-electron chi connectivity index (χ3n) is 5.91. The molecule has 0 bridgehead atoms. The second-order valence-electron chi connectivity index (χ2n) is 8.17. The number of hydrogen-bond acceptors (Lipinski definition) is 7. The van der Waals surface area contributed by atoms with Crippen LogP contribution >= 0.6 is 11.8 Å². The fraction of sp³-hybridized carbons (Fsp3) is 0.208. The van der Waals surface area contributed by atoms with E-state index in [-0.39, 0.29) is 0 Å². The Labute approximate surface area is 204 Å². The third kappa shape index (κ3) is 3.93. The molecule has 0 saturated heterocycles. The van der Waals surface area contributed by atoms with Crippen molar-refractivity contribution in [1.82, 2.24) is 33.4 Å². The van der Waals surface area contributed by atoms with E-state index in [2.05, 4.69) is 33.5 Å². The molecule has 0 amide bonds. The lowest BCUT2D eigenvalue weighted by molar-refractivity contribution is 0.705. The van der Waals surface area contributed by atoms with E-state index in [4.69, 9.17) is 0 Å². The van der Waals surface area contributed by atoms with Crippen LogP contribution in [0.15, 0.2) is 74.5 Å². The highest BCUT2D eigenvalue weighted by Crippen LogP contribution is 2.30. The number of nitrogens with one attached hydrogen (secondary N) is 1. The number of imidazole rings is 1. The third-order valence-corrected chi connectivity index (χ3v) is 6.91. The summed E-state index contributed by atoms with van der Waals surface area (Å²) in [5.41, 5.74) is 2.94. The maximum Gasteiger partial charge on any atom is 0.332 e.